The van der Waals surface area contributed by atoms with Crippen LogP contribution in [0, 0.1) is 0 Å². The van der Waals surface area contributed by atoms with Crippen molar-refractivity contribution < 1.29 is 54.8 Å². The third kappa shape index (κ3) is 4.96. The van der Waals surface area contributed by atoms with Crippen molar-refractivity contribution in [2.75, 3.05) is 11.5 Å². The fourth-order valence-corrected chi connectivity index (χ4v) is 6.18. The summed E-state index contributed by atoms with van der Waals surface area (Å²) in [5.74, 6) is -4.35. The van der Waals surface area contributed by atoms with E-state index in [0.717, 1.165) is 10.6 Å². The monoisotopic (exact) mass is 609 g/mol. The van der Waals surface area contributed by atoms with Gasteiger partial charge in [0.25, 0.3) is 5.91 Å². The standard InChI is InChI=1S/C30H31N3O11/c34-12-22-25(38)26(39)28(40)30(43-22)6-5-18-24-16(10-21(36)27(18)44-30)9-19(29(41)42)33(24)23(37)4-2-14-1-3-20(35)15(7-14)8-17-11-31-13-32-17/h1-4,7,10-11,13,19,22,25-26,28,34-36,38-40H,5-6,8-9,12H2,(H,31,32)(H,41,42). The number of carboxylic acid groups (broad SMARTS) is 1. The number of aliphatic carboxylic acids is 1. The molecule has 3 aromatic rings. The van der Waals surface area contributed by atoms with Gasteiger partial charge in [0.05, 0.1) is 18.6 Å². The summed E-state index contributed by atoms with van der Waals surface area (Å²) < 4.78 is 11.7. The Labute approximate surface area is 250 Å². The number of imidazole rings is 1. The second kappa shape index (κ2) is 11.2. The van der Waals surface area contributed by atoms with E-state index in [1.54, 1.807) is 18.3 Å². The van der Waals surface area contributed by atoms with Gasteiger partial charge in [-0.25, -0.2) is 9.78 Å². The molecule has 14 heteroatoms. The molecule has 0 aliphatic carbocycles. The lowest BCUT2D eigenvalue weighted by Crippen LogP contribution is -2.68. The van der Waals surface area contributed by atoms with Gasteiger partial charge in [-0.05, 0) is 41.8 Å². The number of aromatic hydroxyl groups is 2. The number of nitrogens with zero attached hydrogens (tertiary/aromatic N) is 2. The number of amides is 1. The molecule has 0 bridgehead atoms. The second-order valence-corrected chi connectivity index (χ2v) is 11.1. The number of nitrogens with one attached hydrogen (secondary N) is 1. The van der Waals surface area contributed by atoms with Crippen molar-refractivity contribution in [3.63, 3.8) is 0 Å². The summed E-state index contributed by atoms with van der Waals surface area (Å²) in [5, 5.41) is 72.2. The number of fused-ring (bicyclic) bond motifs is 3. The molecule has 6 atom stereocenters. The van der Waals surface area contributed by atoms with Gasteiger partial charge in [0, 0.05) is 48.4 Å². The van der Waals surface area contributed by atoms with E-state index < -0.39 is 60.5 Å². The molecule has 6 unspecified atom stereocenters. The number of aromatic nitrogens is 2. The number of carboxylic acids is 1. The average Bonchev–Trinajstić information content (AvgIpc) is 3.66. The molecule has 44 heavy (non-hydrogen) atoms. The van der Waals surface area contributed by atoms with Crippen molar-refractivity contribution in [3.05, 3.63) is 70.8 Å². The van der Waals surface area contributed by atoms with E-state index in [-0.39, 0.29) is 36.4 Å². The lowest BCUT2D eigenvalue weighted by Gasteiger charge is -2.50. The van der Waals surface area contributed by atoms with Gasteiger partial charge >= 0.3 is 5.97 Å². The smallest absolute Gasteiger partial charge is 0.327 e. The number of carbonyl (C=O) groups is 2. The van der Waals surface area contributed by atoms with Crippen LogP contribution in [-0.4, -0.2) is 100 Å². The molecule has 0 radical (unpaired) electrons. The molecule has 1 aromatic heterocycles. The summed E-state index contributed by atoms with van der Waals surface area (Å²) in [7, 11) is 0. The molecule has 6 rings (SSSR count). The van der Waals surface area contributed by atoms with Crippen LogP contribution in [0.3, 0.4) is 0 Å². The highest BCUT2D eigenvalue weighted by Crippen LogP contribution is 2.51. The van der Waals surface area contributed by atoms with Gasteiger partial charge < -0.3 is 50.2 Å². The number of hydrogen-bond acceptors (Lipinski definition) is 11. The maximum atomic E-state index is 13.6. The number of aromatic amines is 1. The molecule has 8 N–H and O–H groups in total. The number of hydrogen-bond donors (Lipinski definition) is 8. The van der Waals surface area contributed by atoms with E-state index in [2.05, 4.69) is 9.97 Å². The first kappa shape index (κ1) is 29.6. The number of benzene rings is 2. The van der Waals surface area contributed by atoms with E-state index in [1.165, 1.54) is 30.6 Å². The molecular formula is C30H31N3O11. The predicted octanol–water partition coefficient (Wildman–Crippen LogP) is -0.0375. The normalized spacial score (nSPS) is 27.7. The Morgan fingerprint density at radius 3 is 2.64 bits per heavy atom. The Morgan fingerprint density at radius 1 is 1.14 bits per heavy atom. The van der Waals surface area contributed by atoms with Crippen LogP contribution in [0.1, 0.15) is 34.4 Å². The number of rotatable bonds is 6. The fraction of sp³-hybridized carbons (Fsp3) is 0.367. The number of anilines is 1. The minimum atomic E-state index is -1.93. The first-order valence-electron chi connectivity index (χ1n) is 14.0. The van der Waals surface area contributed by atoms with E-state index in [0.29, 0.717) is 28.7 Å². The third-order valence-corrected chi connectivity index (χ3v) is 8.39. The molecule has 14 nitrogen and oxygen atoms in total. The molecule has 4 heterocycles. The number of phenols is 2. The minimum Gasteiger partial charge on any atom is -0.508 e. The van der Waals surface area contributed by atoms with Crippen LogP contribution in [0.5, 0.6) is 17.2 Å². The molecule has 232 valence electrons. The molecule has 0 saturated carbocycles. The van der Waals surface area contributed by atoms with Gasteiger partial charge in [-0.1, -0.05) is 6.07 Å². The Morgan fingerprint density at radius 2 is 1.93 bits per heavy atom. The number of aliphatic hydroxyl groups is 4. The molecule has 1 saturated heterocycles. The predicted molar refractivity (Wildman–Crippen MR) is 151 cm³/mol. The summed E-state index contributed by atoms with van der Waals surface area (Å²) in [4.78, 5) is 34.0. The van der Waals surface area contributed by atoms with Crippen LogP contribution < -0.4 is 9.64 Å². The van der Waals surface area contributed by atoms with Crippen molar-refractivity contribution in [2.24, 2.45) is 0 Å². The lowest BCUT2D eigenvalue weighted by atomic mass is 9.86. The number of aliphatic hydroxyl groups excluding tert-OH is 4. The van der Waals surface area contributed by atoms with Crippen LogP contribution in [0.4, 0.5) is 5.69 Å². The molecule has 3 aliphatic heterocycles. The highest BCUT2D eigenvalue weighted by atomic mass is 16.7. The van der Waals surface area contributed by atoms with Crippen molar-refractivity contribution in [1.29, 1.82) is 0 Å². The van der Waals surface area contributed by atoms with E-state index in [9.17, 15) is 45.3 Å². The van der Waals surface area contributed by atoms with Gasteiger partial charge in [-0.15, -0.1) is 0 Å². The van der Waals surface area contributed by atoms with Gasteiger partial charge in [0.15, 0.2) is 11.5 Å². The lowest BCUT2D eigenvalue weighted by molar-refractivity contribution is -0.342. The zero-order valence-corrected chi connectivity index (χ0v) is 23.2. The zero-order chi connectivity index (χ0) is 31.3. The summed E-state index contributed by atoms with van der Waals surface area (Å²) in [5.41, 5.74) is 2.89. The number of H-pyrrole nitrogens is 1. The van der Waals surface area contributed by atoms with Crippen LogP contribution in [0.25, 0.3) is 6.08 Å². The van der Waals surface area contributed by atoms with E-state index in [4.69, 9.17) is 9.47 Å². The van der Waals surface area contributed by atoms with Crippen LogP contribution in [0.15, 0.2) is 42.9 Å². The van der Waals surface area contributed by atoms with Gasteiger partial charge in [0.1, 0.15) is 36.2 Å². The summed E-state index contributed by atoms with van der Waals surface area (Å²) in [6, 6.07) is 4.79. The minimum absolute atomic E-state index is 0.0266. The number of phenolic OH excluding ortho intramolecular Hbond substituents is 2. The maximum absolute atomic E-state index is 13.6. The highest BCUT2D eigenvalue weighted by Gasteiger charge is 2.57. The Kier molecular flexibility index (Phi) is 7.55. The molecule has 1 spiro atoms. The number of carbonyl (C=O) groups excluding carboxylic acids is 1. The van der Waals surface area contributed by atoms with Crippen LogP contribution >= 0.6 is 0 Å². The highest BCUT2D eigenvalue weighted by molar-refractivity contribution is 6.10. The summed E-state index contributed by atoms with van der Waals surface area (Å²) in [6.07, 6.45) is -0.280. The zero-order valence-electron chi connectivity index (χ0n) is 23.2. The van der Waals surface area contributed by atoms with Gasteiger partial charge in [-0.3, -0.25) is 9.69 Å². The molecule has 2 aromatic carbocycles. The van der Waals surface area contributed by atoms with Crippen LogP contribution in [-0.2, 0) is 33.6 Å². The third-order valence-electron chi connectivity index (χ3n) is 8.39. The van der Waals surface area contributed by atoms with Crippen molar-refractivity contribution in [3.8, 4) is 17.2 Å². The topological polar surface area (TPSA) is 226 Å². The molecule has 1 fully saturated rings. The largest absolute Gasteiger partial charge is 0.508 e. The van der Waals surface area contributed by atoms with Crippen molar-refractivity contribution >= 4 is 23.6 Å². The molecule has 1 amide bonds. The molecular weight excluding hydrogens is 578 g/mol. The fourth-order valence-electron chi connectivity index (χ4n) is 6.18. The average molecular weight is 610 g/mol. The first-order chi connectivity index (χ1) is 21.0. The summed E-state index contributed by atoms with van der Waals surface area (Å²) >= 11 is 0. The SMILES string of the molecule is O=C(O)C1Cc2cc(O)c3c(c2N1C(=O)C=Cc1ccc(O)c(Cc2cnc[nH]2)c1)CCC1(O3)OC(CO)C(O)C(O)C1O. The van der Waals surface area contributed by atoms with Gasteiger partial charge in [-0.2, -0.15) is 0 Å². The maximum Gasteiger partial charge on any atom is 0.327 e. The van der Waals surface area contributed by atoms with Crippen LogP contribution in [0.2, 0.25) is 0 Å². The van der Waals surface area contributed by atoms with Crippen molar-refractivity contribution in [1.82, 2.24) is 9.97 Å². The first-order valence-corrected chi connectivity index (χ1v) is 14.0. The molecule has 3 aliphatic rings. The van der Waals surface area contributed by atoms with Gasteiger partial charge in [0.2, 0.25) is 5.79 Å². The van der Waals surface area contributed by atoms with Crippen molar-refractivity contribution in [2.45, 2.75) is 61.9 Å². The Hall–Kier alpha value is -4.47. The Bertz CT molecular complexity index is 1620. The van der Waals surface area contributed by atoms with E-state index in [1.807, 2.05) is 0 Å². The second-order valence-electron chi connectivity index (χ2n) is 11.1. The summed E-state index contributed by atoms with van der Waals surface area (Å²) in [6.45, 7) is -0.681. The number of ether oxygens (including phenoxy) is 2. The Balaban J connectivity index is 1.32. The van der Waals surface area contributed by atoms with E-state index >= 15 is 0 Å². The quantitative estimate of drug-likeness (QED) is 0.172.